The van der Waals surface area contributed by atoms with Crippen molar-refractivity contribution in [2.45, 2.75) is 0 Å². The number of amides is 1. The molecule has 1 fully saturated rings. The summed E-state index contributed by atoms with van der Waals surface area (Å²) in [5.41, 5.74) is 1.24. The Kier molecular flexibility index (Phi) is 3.75. The zero-order valence-corrected chi connectivity index (χ0v) is 11.9. The van der Waals surface area contributed by atoms with Crippen LogP contribution in [0.4, 0.5) is 5.69 Å². The van der Waals surface area contributed by atoms with E-state index in [1.807, 2.05) is 25.1 Å². The van der Waals surface area contributed by atoms with Gasteiger partial charge in [0, 0.05) is 39.1 Å². The Bertz CT molecular complexity index is 570. The van der Waals surface area contributed by atoms with Crippen LogP contribution in [0.5, 0.6) is 0 Å². The molecule has 0 N–H and O–H groups in total. The highest BCUT2D eigenvalue weighted by atomic mass is 32.2. The van der Waals surface area contributed by atoms with Crippen molar-refractivity contribution in [1.29, 1.82) is 0 Å². The summed E-state index contributed by atoms with van der Waals surface area (Å²) in [6.07, 6.45) is 1.59. The molecule has 1 saturated heterocycles. The summed E-state index contributed by atoms with van der Waals surface area (Å²) in [5.74, 6) is -0.142. The van der Waals surface area contributed by atoms with Crippen LogP contribution < -0.4 is 4.90 Å². The van der Waals surface area contributed by atoms with Crippen molar-refractivity contribution in [1.82, 2.24) is 9.88 Å². The van der Waals surface area contributed by atoms with Crippen molar-refractivity contribution in [2.24, 2.45) is 0 Å². The molecule has 1 aromatic heterocycles. The molecule has 0 spiro atoms. The number of carbonyl (C=O) groups is 1. The summed E-state index contributed by atoms with van der Waals surface area (Å²) in [6, 6.07) is 3.53. The summed E-state index contributed by atoms with van der Waals surface area (Å²) < 4.78 is 22.7. The maximum atomic E-state index is 12.2. The van der Waals surface area contributed by atoms with E-state index in [0.717, 1.165) is 5.69 Å². The molecule has 1 aliphatic heterocycles. The van der Waals surface area contributed by atoms with E-state index < -0.39 is 9.84 Å². The summed E-state index contributed by atoms with van der Waals surface area (Å²) in [5, 5.41) is 0. The molecule has 7 heteroatoms. The molecule has 1 aliphatic rings. The molecule has 0 bridgehead atoms. The Balaban J connectivity index is 2.14. The van der Waals surface area contributed by atoms with Crippen LogP contribution in [0.15, 0.2) is 18.3 Å². The summed E-state index contributed by atoms with van der Waals surface area (Å²) in [7, 11) is 0.796. The van der Waals surface area contributed by atoms with E-state index in [1.54, 1.807) is 17.2 Å². The Labute approximate surface area is 113 Å². The number of pyridine rings is 1. The van der Waals surface area contributed by atoms with E-state index in [9.17, 15) is 13.2 Å². The first-order chi connectivity index (χ1) is 8.89. The monoisotopic (exact) mass is 283 g/mol. The highest BCUT2D eigenvalue weighted by Crippen LogP contribution is 2.14. The van der Waals surface area contributed by atoms with Crippen LogP contribution in [0, 0.1) is 0 Å². The molecule has 6 nitrogen and oxygen atoms in total. The Morgan fingerprint density at radius 2 is 1.95 bits per heavy atom. The lowest BCUT2D eigenvalue weighted by Crippen LogP contribution is -2.44. The van der Waals surface area contributed by atoms with Crippen LogP contribution in [0.2, 0.25) is 0 Å². The van der Waals surface area contributed by atoms with E-state index >= 15 is 0 Å². The first kappa shape index (κ1) is 13.8. The number of aromatic nitrogens is 1. The second kappa shape index (κ2) is 5.16. The largest absolute Gasteiger partial charge is 0.378 e. The minimum absolute atomic E-state index is 0.0338. The molecule has 2 heterocycles. The minimum Gasteiger partial charge on any atom is -0.378 e. The molecule has 2 rings (SSSR count). The molecule has 0 atom stereocenters. The predicted molar refractivity (Wildman–Crippen MR) is 73.1 cm³/mol. The van der Waals surface area contributed by atoms with Gasteiger partial charge in [0.1, 0.15) is 5.69 Å². The predicted octanol–water partition coefficient (Wildman–Crippen LogP) is 0.0182. The quantitative estimate of drug-likeness (QED) is 0.765. The van der Waals surface area contributed by atoms with Crippen molar-refractivity contribution in [3.63, 3.8) is 0 Å². The summed E-state index contributed by atoms with van der Waals surface area (Å²) in [4.78, 5) is 19.7. The fourth-order valence-corrected chi connectivity index (χ4v) is 3.09. The van der Waals surface area contributed by atoms with E-state index in [2.05, 4.69) is 4.98 Å². The van der Waals surface area contributed by atoms with E-state index in [1.165, 1.54) is 0 Å². The SMILES string of the molecule is CN(C)c1ccnc(C(=O)N2CCS(=O)(=O)CC2)c1. The maximum Gasteiger partial charge on any atom is 0.272 e. The van der Waals surface area contributed by atoms with E-state index in [-0.39, 0.29) is 30.5 Å². The number of nitrogens with zero attached hydrogens (tertiary/aromatic N) is 3. The van der Waals surface area contributed by atoms with Gasteiger partial charge in [-0.1, -0.05) is 0 Å². The average molecular weight is 283 g/mol. The maximum absolute atomic E-state index is 12.2. The normalized spacial score (nSPS) is 18.1. The van der Waals surface area contributed by atoms with Gasteiger partial charge in [0.05, 0.1) is 11.5 Å². The molecule has 1 amide bonds. The first-order valence-electron chi connectivity index (χ1n) is 6.02. The zero-order chi connectivity index (χ0) is 14.0. The average Bonchev–Trinajstić information content (AvgIpc) is 2.38. The number of carbonyl (C=O) groups excluding carboxylic acids is 1. The van der Waals surface area contributed by atoms with Crippen molar-refractivity contribution < 1.29 is 13.2 Å². The smallest absolute Gasteiger partial charge is 0.272 e. The van der Waals surface area contributed by atoms with Gasteiger partial charge in [0.2, 0.25) is 0 Å². The topological polar surface area (TPSA) is 70.6 Å². The van der Waals surface area contributed by atoms with Gasteiger partial charge in [-0.25, -0.2) is 8.42 Å². The minimum atomic E-state index is -2.98. The van der Waals surface area contributed by atoms with Crippen LogP contribution in [-0.2, 0) is 9.84 Å². The molecule has 1 aromatic rings. The summed E-state index contributed by atoms with van der Waals surface area (Å²) in [6.45, 7) is 0.490. The molecule has 104 valence electrons. The lowest BCUT2D eigenvalue weighted by Gasteiger charge is -2.26. The molecule has 19 heavy (non-hydrogen) atoms. The van der Waals surface area contributed by atoms with Gasteiger partial charge in [-0.05, 0) is 12.1 Å². The highest BCUT2D eigenvalue weighted by molar-refractivity contribution is 7.91. The highest BCUT2D eigenvalue weighted by Gasteiger charge is 2.26. The van der Waals surface area contributed by atoms with E-state index in [4.69, 9.17) is 0 Å². The van der Waals surface area contributed by atoms with Crippen molar-refractivity contribution in [2.75, 3.05) is 43.6 Å². The Morgan fingerprint density at radius 3 is 2.53 bits per heavy atom. The molecular weight excluding hydrogens is 266 g/mol. The standard InChI is InChI=1S/C12H17N3O3S/c1-14(2)10-3-4-13-11(9-10)12(16)15-5-7-19(17,18)8-6-15/h3-4,9H,5-8H2,1-2H3. The third-order valence-corrected chi connectivity index (χ3v) is 4.72. The molecular formula is C12H17N3O3S. The molecule has 0 saturated carbocycles. The second-order valence-electron chi connectivity index (χ2n) is 4.74. The zero-order valence-electron chi connectivity index (χ0n) is 11.0. The van der Waals surface area contributed by atoms with Crippen LogP contribution in [0.1, 0.15) is 10.5 Å². The molecule has 0 aromatic carbocycles. The molecule has 0 radical (unpaired) electrons. The Hall–Kier alpha value is -1.63. The number of rotatable bonds is 2. The third-order valence-electron chi connectivity index (χ3n) is 3.11. The lowest BCUT2D eigenvalue weighted by atomic mass is 10.2. The Morgan fingerprint density at radius 1 is 1.32 bits per heavy atom. The number of hydrogen-bond acceptors (Lipinski definition) is 5. The van der Waals surface area contributed by atoms with Gasteiger partial charge in [0.25, 0.3) is 5.91 Å². The van der Waals surface area contributed by atoms with Gasteiger partial charge < -0.3 is 9.80 Å². The van der Waals surface area contributed by atoms with Gasteiger partial charge in [-0.3, -0.25) is 9.78 Å². The fourth-order valence-electron chi connectivity index (χ4n) is 1.89. The number of anilines is 1. The van der Waals surface area contributed by atoms with Crippen LogP contribution in [-0.4, -0.2) is 62.9 Å². The summed E-state index contributed by atoms with van der Waals surface area (Å²) >= 11 is 0. The van der Waals surface area contributed by atoms with Crippen molar-refractivity contribution >= 4 is 21.4 Å². The molecule has 0 unspecified atom stereocenters. The van der Waals surface area contributed by atoms with Crippen molar-refractivity contribution in [3.8, 4) is 0 Å². The fraction of sp³-hybridized carbons (Fsp3) is 0.500. The van der Waals surface area contributed by atoms with Gasteiger partial charge in [0.15, 0.2) is 9.84 Å². The first-order valence-corrected chi connectivity index (χ1v) is 7.84. The van der Waals surface area contributed by atoms with Crippen molar-refractivity contribution in [3.05, 3.63) is 24.0 Å². The number of sulfone groups is 1. The van der Waals surface area contributed by atoms with E-state index in [0.29, 0.717) is 5.69 Å². The van der Waals surface area contributed by atoms with Gasteiger partial charge in [-0.2, -0.15) is 0 Å². The van der Waals surface area contributed by atoms with Crippen LogP contribution in [0.3, 0.4) is 0 Å². The van der Waals surface area contributed by atoms with Gasteiger partial charge >= 0.3 is 0 Å². The lowest BCUT2D eigenvalue weighted by molar-refractivity contribution is 0.0764. The number of hydrogen-bond donors (Lipinski definition) is 0. The van der Waals surface area contributed by atoms with Crippen LogP contribution in [0.25, 0.3) is 0 Å². The third kappa shape index (κ3) is 3.23. The van der Waals surface area contributed by atoms with Crippen LogP contribution >= 0.6 is 0 Å². The van der Waals surface area contributed by atoms with Gasteiger partial charge in [-0.15, -0.1) is 0 Å². The second-order valence-corrected chi connectivity index (χ2v) is 7.04. The molecule has 0 aliphatic carbocycles.